The van der Waals surface area contributed by atoms with Crippen LogP contribution in [0.25, 0.3) is 0 Å². The fraction of sp³-hybridized carbons (Fsp3) is 0.500. The molecule has 0 saturated heterocycles. The van der Waals surface area contributed by atoms with Gasteiger partial charge in [0.15, 0.2) is 0 Å². The van der Waals surface area contributed by atoms with Crippen molar-refractivity contribution in [3.05, 3.63) is 29.3 Å². The second-order valence-electron chi connectivity index (χ2n) is 3.23. The molecule has 0 aliphatic carbocycles. The first-order chi connectivity index (χ1) is 6.13. The predicted molar refractivity (Wildman–Crippen MR) is 61.0 cm³/mol. The zero-order valence-corrected chi connectivity index (χ0v) is 9.39. The fourth-order valence-electron chi connectivity index (χ4n) is 1.49. The second-order valence-corrected chi connectivity index (χ2v) is 3.23. The molecule has 0 aliphatic rings. The topological polar surface area (TPSA) is 26.0 Å². The van der Waals surface area contributed by atoms with Gasteiger partial charge in [0.2, 0.25) is 0 Å². The SMILES string of the molecule is CC.Cc1cccc(N)c1C(C)C. The molecule has 2 N–H and O–H groups in total. The molecule has 0 atom stereocenters. The Morgan fingerprint density at radius 3 is 2.00 bits per heavy atom. The number of anilines is 1. The summed E-state index contributed by atoms with van der Waals surface area (Å²) in [6.45, 7) is 10.4. The maximum Gasteiger partial charge on any atom is 0.0351 e. The van der Waals surface area contributed by atoms with E-state index in [2.05, 4.69) is 26.8 Å². The van der Waals surface area contributed by atoms with Crippen LogP contribution in [0, 0.1) is 6.92 Å². The molecule has 0 amide bonds. The van der Waals surface area contributed by atoms with E-state index in [4.69, 9.17) is 5.73 Å². The highest BCUT2D eigenvalue weighted by Crippen LogP contribution is 2.24. The largest absolute Gasteiger partial charge is 0.398 e. The van der Waals surface area contributed by atoms with E-state index in [0.717, 1.165) is 5.69 Å². The lowest BCUT2D eigenvalue weighted by Gasteiger charge is -2.11. The second kappa shape index (κ2) is 5.63. The van der Waals surface area contributed by atoms with E-state index in [1.807, 2.05) is 26.0 Å². The number of nitrogens with two attached hydrogens (primary N) is 1. The summed E-state index contributed by atoms with van der Waals surface area (Å²) in [6, 6.07) is 6.06. The molecular weight excluding hydrogens is 158 g/mol. The third-order valence-electron chi connectivity index (χ3n) is 1.94. The van der Waals surface area contributed by atoms with Gasteiger partial charge in [0.05, 0.1) is 0 Å². The lowest BCUT2D eigenvalue weighted by Crippen LogP contribution is -1.98. The Morgan fingerprint density at radius 1 is 1.15 bits per heavy atom. The summed E-state index contributed by atoms with van der Waals surface area (Å²) < 4.78 is 0. The summed E-state index contributed by atoms with van der Waals surface area (Å²) in [5.41, 5.74) is 9.32. The van der Waals surface area contributed by atoms with Crippen molar-refractivity contribution in [3.63, 3.8) is 0 Å². The van der Waals surface area contributed by atoms with Gasteiger partial charge in [0.25, 0.3) is 0 Å². The van der Waals surface area contributed by atoms with Crippen LogP contribution in [-0.2, 0) is 0 Å². The van der Waals surface area contributed by atoms with E-state index in [1.165, 1.54) is 11.1 Å². The third-order valence-corrected chi connectivity index (χ3v) is 1.94. The lowest BCUT2D eigenvalue weighted by molar-refractivity contribution is 0.860. The number of hydrogen-bond donors (Lipinski definition) is 1. The molecule has 0 aromatic heterocycles. The molecule has 0 unspecified atom stereocenters. The average molecular weight is 179 g/mol. The van der Waals surface area contributed by atoms with Crippen molar-refractivity contribution >= 4 is 5.69 Å². The van der Waals surface area contributed by atoms with Crippen molar-refractivity contribution in [2.75, 3.05) is 5.73 Å². The first-order valence-electron chi connectivity index (χ1n) is 4.98. The van der Waals surface area contributed by atoms with Crippen molar-refractivity contribution in [1.82, 2.24) is 0 Å². The van der Waals surface area contributed by atoms with Gasteiger partial charge in [-0.1, -0.05) is 39.8 Å². The normalized spacial score (nSPS) is 9.38. The molecule has 13 heavy (non-hydrogen) atoms. The Balaban J connectivity index is 0.000000671. The van der Waals surface area contributed by atoms with E-state index in [-0.39, 0.29) is 0 Å². The van der Waals surface area contributed by atoms with Gasteiger partial charge >= 0.3 is 0 Å². The Kier molecular flexibility index (Phi) is 5.20. The van der Waals surface area contributed by atoms with E-state index in [0.29, 0.717) is 5.92 Å². The van der Waals surface area contributed by atoms with Crippen LogP contribution in [0.2, 0.25) is 0 Å². The van der Waals surface area contributed by atoms with Crippen LogP contribution < -0.4 is 5.73 Å². The van der Waals surface area contributed by atoms with Crippen molar-refractivity contribution < 1.29 is 0 Å². The predicted octanol–water partition coefficient (Wildman–Crippen LogP) is 3.73. The molecule has 1 nitrogen and oxygen atoms in total. The van der Waals surface area contributed by atoms with Crippen LogP contribution in [0.5, 0.6) is 0 Å². The molecule has 0 spiro atoms. The van der Waals surface area contributed by atoms with Crippen LogP contribution in [0.15, 0.2) is 18.2 Å². The minimum absolute atomic E-state index is 0.524. The van der Waals surface area contributed by atoms with Gasteiger partial charge in [0, 0.05) is 5.69 Å². The van der Waals surface area contributed by atoms with Crippen molar-refractivity contribution in [2.24, 2.45) is 0 Å². The summed E-state index contributed by atoms with van der Waals surface area (Å²) in [4.78, 5) is 0. The smallest absolute Gasteiger partial charge is 0.0351 e. The molecule has 0 bridgehead atoms. The van der Waals surface area contributed by atoms with Gasteiger partial charge in [-0.05, 0) is 30.0 Å². The van der Waals surface area contributed by atoms with Gasteiger partial charge in [-0.2, -0.15) is 0 Å². The van der Waals surface area contributed by atoms with Gasteiger partial charge in [-0.15, -0.1) is 0 Å². The monoisotopic (exact) mass is 179 g/mol. The van der Waals surface area contributed by atoms with Crippen LogP contribution in [-0.4, -0.2) is 0 Å². The molecule has 1 heteroatoms. The molecule has 0 aliphatic heterocycles. The maximum absolute atomic E-state index is 5.82. The molecule has 1 aromatic rings. The van der Waals surface area contributed by atoms with Gasteiger partial charge in [-0.25, -0.2) is 0 Å². The first-order valence-corrected chi connectivity index (χ1v) is 4.98. The zero-order chi connectivity index (χ0) is 10.4. The molecule has 1 rings (SSSR count). The fourth-order valence-corrected chi connectivity index (χ4v) is 1.49. The minimum Gasteiger partial charge on any atom is -0.398 e. The van der Waals surface area contributed by atoms with Crippen LogP contribution in [0.3, 0.4) is 0 Å². The lowest BCUT2D eigenvalue weighted by atomic mass is 9.96. The Hall–Kier alpha value is -0.980. The molecule has 0 radical (unpaired) electrons. The first kappa shape index (κ1) is 12.0. The minimum atomic E-state index is 0.524. The Labute approximate surface area is 82.0 Å². The summed E-state index contributed by atoms with van der Waals surface area (Å²) in [7, 11) is 0. The van der Waals surface area contributed by atoms with Gasteiger partial charge < -0.3 is 5.73 Å². The summed E-state index contributed by atoms with van der Waals surface area (Å²) in [5.74, 6) is 0.524. The number of benzene rings is 1. The van der Waals surface area contributed by atoms with E-state index in [9.17, 15) is 0 Å². The molecule has 0 saturated carbocycles. The standard InChI is InChI=1S/C10H15N.C2H6/c1-7(2)10-8(3)5-4-6-9(10)11;1-2/h4-7H,11H2,1-3H3;1-2H3. The Bertz CT molecular complexity index is 231. The highest BCUT2D eigenvalue weighted by molar-refractivity contribution is 5.52. The number of nitrogen functional groups attached to an aromatic ring is 1. The number of hydrogen-bond acceptors (Lipinski definition) is 1. The van der Waals surface area contributed by atoms with E-state index < -0.39 is 0 Å². The molecule has 0 heterocycles. The third kappa shape index (κ3) is 3.10. The molecular formula is C12H21N. The Morgan fingerprint density at radius 2 is 1.69 bits per heavy atom. The summed E-state index contributed by atoms with van der Waals surface area (Å²) in [5, 5.41) is 0. The molecule has 1 aromatic carbocycles. The van der Waals surface area contributed by atoms with E-state index in [1.54, 1.807) is 0 Å². The number of aryl methyl sites for hydroxylation is 1. The number of rotatable bonds is 1. The molecule has 0 fully saturated rings. The molecule has 74 valence electrons. The summed E-state index contributed by atoms with van der Waals surface area (Å²) >= 11 is 0. The van der Waals surface area contributed by atoms with Crippen molar-refractivity contribution in [2.45, 2.75) is 40.5 Å². The maximum atomic E-state index is 5.82. The summed E-state index contributed by atoms with van der Waals surface area (Å²) in [6.07, 6.45) is 0. The van der Waals surface area contributed by atoms with Crippen LogP contribution >= 0.6 is 0 Å². The van der Waals surface area contributed by atoms with Gasteiger partial charge in [-0.3, -0.25) is 0 Å². The van der Waals surface area contributed by atoms with Crippen molar-refractivity contribution in [1.29, 1.82) is 0 Å². The van der Waals surface area contributed by atoms with E-state index >= 15 is 0 Å². The van der Waals surface area contributed by atoms with Crippen LogP contribution in [0.1, 0.15) is 44.7 Å². The average Bonchev–Trinajstić information content (AvgIpc) is 2.07. The van der Waals surface area contributed by atoms with Crippen LogP contribution in [0.4, 0.5) is 5.69 Å². The van der Waals surface area contributed by atoms with Gasteiger partial charge in [0.1, 0.15) is 0 Å². The quantitative estimate of drug-likeness (QED) is 0.653. The highest BCUT2D eigenvalue weighted by Gasteiger charge is 2.05. The zero-order valence-electron chi connectivity index (χ0n) is 9.39. The highest BCUT2D eigenvalue weighted by atomic mass is 14.6. The van der Waals surface area contributed by atoms with Crippen molar-refractivity contribution in [3.8, 4) is 0 Å².